The zero-order valence-corrected chi connectivity index (χ0v) is 31.5. The first kappa shape index (κ1) is 40.1. The standard InChI is InChI=1S/C39H55N3O10/c1-22-26(5)48-38(24(3)33(22)46-19-29-15-11-9-12-16-29)51-34-23(2)32(41-42-40)39(50-31(34)21-45-28(7)43)52-36-27(6)49-37(44-8)25(4)35(36)47-20-30-17-13-10-14-18-30/h9-18,22-27,31-39H,19-21H2,1-8H3/t22-,23-,24?,25?,26?,27?,31?,32?,33-,34+,35+,36-,37-,38+,39-/m1/s1. The van der Waals surface area contributed by atoms with Crippen LogP contribution in [0.15, 0.2) is 65.8 Å². The van der Waals surface area contributed by atoms with E-state index in [1.54, 1.807) is 7.11 Å². The molecule has 3 heterocycles. The molecule has 0 aliphatic carbocycles. The summed E-state index contributed by atoms with van der Waals surface area (Å²) < 4.78 is 56.9. The first-order chi connectivity index (χ1) is 25.0. The van der Waals surface area contributed by atoms with Crippen molar-refractivity contribution < 1.29 is 47.4 Å². The Morgan fingerprint density at radius 3 is 1.83 bits per heavy atom. The third kappa shape index (κ3) is 9.71. The van der Waals surface area contributed by atoms with Crippen molar-refractivity contribution in [3.05, 3.63) is 82.2 Å². The van der Waals surface area contributed by atoms with Gasteiger partial charge in [0.1, 0.15) is 18.8 Å². The number of nitrogens with zero attached hydrogens (tertiary/aromatic N) is 3. The molecule has 2 aromatic rings. The number of azide groups is 1. The van der Waals surface area contributed by atoms with Crippen LogP contribution in [0.2, 0.25) is 0 Å². The van der Waals surface area contributed by atoms with E-state index in [0.29, 0.717) is 13.2 Å². The highest BCUT2D eigenvalue weighted by Crippen LogP contribution is 2.40. The lowest BCUT2D eigenvalue weighted by molar-refractivity contribution is -0.349. The van der Waals surface area contributed by atoms with Gasteiger partial charge in [-0.25, -0.2) is 0 Å². The van der Waals surface area contributed by atoms with Gasteiger partial charge in [-0.2, -0.15) is 0 Å². The number of hydrogen-bond acceptors (Lipinski definition) is 11. The molecule has 0 spiro atoms. The first-order valence-electron chi connectivity index (χ1n) is 18.3. The van der Waals surface area contributed by atoms with Crippen molar-refractivity contribution in [1.29, 1.82) is 0 Å². The van der Waals surface area contributed by atoms with Crippen LogP contribution in [-0.2, 0) is 60.6 Å². The fourth-order valence-electron chi connectivity index (χ4n) is 7.49. The highest BCUT2D eigenvalue weighted by Gasteiger charge is 2.52. The Hall–Kier alpha value is -3.10. The minimum absolute atomic E-state index is 0.0982. The van der Waals surface area contributed by atoms with Gasteiger partial charge >= 0.3 is 5.97 Å². The molecule has 3 aliphatic rings. The fraction of sp³-hybridized carbons (Fsp3) is 0.667. The Balaban J connectivity index is 1.37. The van der Waals surface area contributed by atoms with E-state index in [1.807, 2.05) is 95.3 Å². The molecule has 0 saturated carbocycles. The van der Waals surface area contributed by atoms with Crippen molar-refractivity contribution in [3.63, 3.8) is 0 Å². The summed E-state index contributed by atoms with van der Waals surface area (Å²) in [6.07, 6.45) is -5.61. The molecule has 15 atom stereocenters. The van der Waals surface area contributed by atoms with E-state index in [-0.39, 0.29) is 36.6 Å². The molecule has 0 bridgehead atoms. The van der Waals surface area contributed by atoms with Crippen molar-refractivity contribution >= 4 is 5.97 Å². The summed E-state index contributed by atoms with van der Waals surface area (Å²) in [6.45, 7) is 14.0. The first-order valence-corrected chi connectivity index (χ1v) is 18.3. The molecule has 5 rings (SSSR count). The summed E-state index contributed by atoms with van der Waals surface area (Å²) in [6, 6.07) is 19.1. The van der Waals surface area contributed by atoms with Crippen molar-refractivity contribution in [3.8, 4) is 0 Å². The van der Waals surface area contributed by atoms with Crippen LogP contribution in [0.5, 0.6) is 0 Å². The molecule has 0 aromatic heterocycles. The second kappa shape index (κ2) is 18.8. The van der Waals surface area contributed by atoms with Gasteiger partial charge in [-0.05, 0) is 36.4 Å². The molecule has 0 amide bonds. The third-order valence-electron chi connectivity index (χ3n) is 10.7. The van der Waals surface area contributed by atoms with Crippen LogP contribution in [0.4, 0.5) is 0 Å². The van der Waals surface area contributed by atoms with Crippen LogP contribution < -0.4 is 0 Å². The topological polar surface area (TPSA) is 149 Å². The van der Waals surface area contributed by atoms with E-state index >= 15 is 0 Å². The summed E-state index contributed by atoms with van der Waals surface area (Å²) in [5, 5.41) is 4.17. The summed E-state index contributed by atoms with van der Waals surface area (Å²) in [5.74, 6) is -1.20. The largest absolute Gasteiger partial charge is 0.463 e. The van der Waals surface area contributed by atoms with Gasteiger partial charge in [0.25, 0.3) is 0 Å². The van der Waals surface area contributed by atoms with E-state index < -0.39 is 67.3 Å². The second-order valence-electron chi connectivity index (χ2n) is 14.4. The molecule has 52 heavy (non-hydrogen) atoms. The Kier molecular flexibility index (Phi) is 14.5. The van der Waals surface area contributed by atoms with Crippen LogP contribution in [-0.4, -0.2) is 87.3 Å². The van der Waals surface area contributed by atoms with Gasteiger partial charge in [0, 0.05) is 36.7 Å². The summed E-state index contributed by atoms with van der Waals surface area (Å²) in [4.78, 5) is 15.2. The molecule has 3 fully saturated rings. The minimum atomic E-state index is -1.04. The molecule has 2 aromatic carbocycles. The van der Waals surface area contributed by atoms with Crippen LogP contribution in [0, 0.1) is 23.7 Å². The highest BCUT2D eigenvalue weighted by atomic mass is 16.7. The van der Waals surface area contributed by atoms with Gasteiger partial charge < -0.3 is 42.6 Å². The predicted molar refractivity (Wildman–Crippen MR) is 190 cm³/mol. The van der Waals surface area contributed by atoms with Crippen molar-refractivity contribution in [2.45, 2.75) is 129 Å². The predicted octanol–water partition coefficient (Wildman–Crippen LogP) is 6.57. The quantitative estimate of drug-likeness (QED) is 0.0906. The molecule has 6 unspecified atom stereocenters. The van der Waals surface area contributed by atoms with Crippen molar-refractivity contribution in [1.82, 2.24) is 0 Å². The minimum Gasteiger partial charge on any atom is -0.463 e. The molecule has 13 nitrogen and oxygen atoms in total. The van der Waals surface area contributed by atoms with E-state index in [1.165, 1.54) is 6.92 Å². The maximum atomic E-state index is 12.1. The SMILES string of the molecule is CO[C@@H]1OC(C)[C@@H](O[C@H]2OC(COC(C)=O)[C@@H](O[C@@H]3OC(C)[C@@H](C)[C@@H](OCc4ccccc4)C3C)[C@H](C)C2N=[N+]=[N-])[C@@H](OCc2ccccc2)C1C. The van der Waals surface area contributed by atoms with Gasteiger partial charge in [-0.3, -0.25) is 4.79 Å². The molecular formula is C39H55N3O10. The monoisotopic (exact) mass is 725 g/mol. The molecule has 3 aliphatic heterocycles. The number of rotatable bonds is 14. The smallest absolute Gasteiger partial charge is 0.302 e. The molecular weight excluding hydrogens is 670 g/mol. The normalized spacial score (nSPS) is 37.9. The second-order valence-corrected chi connectivity index (χ2v) is 14.4. The lowest BCUT2D eigenvalue weighted by Gasteiger charge is -2.50. The van der Waals surface area contributed by atoms with E-state index in [2.05, 4.69) is 16.9 Å². The summed E-state index contributed by atoms with van der Waals surface area (Å²) in [5.41, 5.74) is 11.8. The van der Waals surface area contributed by atoms with Crippen LogP contribution in [0.1, 0.15) is 59.6 Å². The number of carbonyl (C=O) groups is 1. The van der Waals surface area contributed by atoms with Gasteiger partial charge in [0.05, 0.1) is 49.8 Å². The zero-order chi connectivity index (χ0) is 37.4. The maximum Gasteiger partial charge on any atom is 0.302 e. The highest BCUT2D eigenvalue weighted by molar-refractivity contribution is 5.65. The summed E-state index contributed by atoms with van der Waals surface area (Å²) in [7, 11) is 1.60. The number of hydrogen-bond donors (Lipinski definition) is 0. The summed E-state index contributed by atoms with van der Waals surface area (Å²) >= 11 is 0. The number of ether oxygens (including phenoxy) is 9. The van der Waals surface area contributed by atoms with Crippen LogP contribution >= 0.6 is 0 Å². The maximum absolute atomic E-state index is 12.1. The molecule has 3 saturated heterocycles. The van der Waals surface area contributed by atoms with E-state index in [4.69, 9.17) is 42.6 Å². The lowest BCUT2D eigenvalue weighted by Crippen LogP contribution is -2.62. The average Bonchev–Trinajstić information content (AvgIpc) is 3.14. The number of carbonyl (C=O) groups excluding carboxylic acids is 1. The average molecular weight is 726 g/mol. The fourth-order valence-corrected chi connectivity index (χ4v) is 7.49. The van der Waals surface area contributed by atoms with E-state index in [0.717, 1.165) is 11.1 Å². The molecule has 13 heteroatoms. The number of methoxy groups -OCH3 is 1. The Labute approximate surface area is 307 Å². The van der Waals surface area contributed by atoms with Crippen LogP contribution in [0.25, 0.3) is 10.4 Å². The molecule has 0 radical (unpaired) electrons. The zero-order valence-electron chi connectivity index (χ0n) is 31.5. The molecule has 286 valence electrons. The Morgan fingerprint density at radius 1 is 0.692 bits per heavy atom. The van der Waals surface area contributed by atoms with Gasteiger partial charge in [0.2, 0.25) is 0 Å². The Bertz CT molecular complexity index is 1450. The van der Waals surface area contributed by atoms with Crippen molar-refractivity contribution in [2.75, 3.05) is 13.7 Å². The van der Waals surface area contributed by atoms with Gasteiger partial charge in [0.15, 0.2) is 18.9 Å². The van der Waals surface area contributed by atoms with Gasteiger partial charge in [-0.15, -0.1) is 0 Å². The van der Waals surface area contributed by atoms with Crippen molar-refractivity contribution in [2.24, 2.45) is 28.8 Å². The van der Waals surface area contributed by atoms with E-state index in [9.17, 15) is 10.3 Å². The number of benzene rings is 2. The number of esters is 1. The lowest BCUT2D eigenvalue weighted by atomic mass is 9.85. The Morgan fingerprint density at radius 2 is 1.25 bits per heavy atom. The van der Waals surface area contributed by atoms with Gasteiger partial charge in [-0.1, -0.05) is 93.5 Å². The van der Waals surface area contributed by atoms with Crippen LogP contribution in [0.3, 0.4) is 0 Å². The third-order valence-corrected chi connectivity index (χ3v) is 10.7. The molecule has 0 N–H and O–H groups in total.